The van der Waals surface area contributed by atoms with Crippen molar-refractivity contribution in [3.8, 4) is 17.2 Å². The van der Waals surface area contributed by atoms with Gasteiger partial charge in [-0.3, -0.25) is 9.59 Å². The third-order valence-electron chi connectivity index (χ3n) is 3.35. The van der Waals surface area contributed by atoms with Crippen molar-refractivity contribution in [1.82, 2.24) is 0 Å². The maximum atomic E-state index is 12.7. The summed E-state index contributed by atoms with van der Waals surface area (Å²) in [4.78, 5) is 23.7. The lowest BCUT2D eigenvalue weighted by Crippen LogP contribution is -2.08. The van der Waals surface area contributed by atoms with Gasteiger partial charge in [0.1, 0.15) is 22.8 Å². The van der Waals surface area contributed by atoms with Gasteiger partial charge in [-0.1, -0.05) is 23.2 Å². The summed E-state index contributed by atoms with van der Waals surface area (Å²) in [6.07, 6.45) is 0. The Balaban J connectivity index is 2.07. The fraction of sp³-hybridized carbons (Fsp3) is 0.111. The molecule has 1 aromatic heterocycles. The molecule has 0 bridgehead atoms. The molecule has 7 heteroatoms. The van der Waals surface area contributed by atoms with Crippen LogP contribution in [0.25, 0.3) is 11.0 Å². The van der Waals surface area contributed by atoms with Gasteiger partial charge in [0.15, 0.2) is 0 Å². The Bertz CT molecular complexity index is 1040. The van der Waals surface area contributed by atoms with Gasteiger partial charge in [-0.2, -0.15) is 0 Å². The number of ether oxygens (including phenoxy) is 2. The van der Waals surface area contributed by atoms with Gasteiger partial charge in [0.2, 0.25) is 11.2 Å². The molecule has 0 spiro atoms. The largest absolute Gasteiger partial charge is 0.457 e. The lowest BCUT2D eigenvalue weighted by atomic mass is 10.2. The molecule has 5 nitrogen and oxygen atoms in total. The molecule has 0 aliphatic rings. The lowest BCUT2D eigenvalue weighted by molar-refractivity contribution is -0.131. The van der Waals surface area contributed by atoms with Gasteiger partial charge in [0.25, 0.3) is 0 Å². The molecule has 3 aromatic rings. The van der Waals surface area contributed by atoms with E-state index in [1.807, 2.05) is 0 Å². The molecule has 0 saturated carbocycles. The van der Waals surface area contributed by atoms with Gasteiger partial charge in [-0.15, -0.1) is 0 Å². The maximum Gasteiger partial charge on any atom is 0.308 e. The number of fused-ring (bicyclic) bond motifs is 1. The minimum absolute atomic E-state index is 0.0250. The zero-order valence-corrected chi connectivity index (χ0v) is 14.8. The Hall–Kier alpha value is -2.50. The average molecular weight is 379 g/mol. The third-order valence-corrected chi connectivity index (χ3v) is 3.88. The Kier molecular flexibility index (Phi) is 4.70. The predicted molar refractivity (Wildman–Crippen MR) is 95.1 cm³/mol. The minimum atomic E-state index is -0.462. The van der Waals surface area contributed by atoms with E-state index in [1.165, 1.54) is 31.2 Å². The maximum absolute atomic E-state index is 12.7. The normalized spacial score (nSPS) is 10.7. The van der Waals surface area contributed by atoms with Crippen LogP contribution in [-0.4, -0.2) is 5.97 Å². The van der Waals surface area contributed by atoms with Crippen LogP contribution in [0.2, 0.25) is 10.0 Å². The molecule has 0 amide bonds. The third kappa shape index (κ3) is 3.62. The van der Waals surface area contributed by atoms with E-state index in [9.17, 15) is 9.59 Å². The molecule has 25 heavy (non-hydrogen) atoms. The predicted octanol–water partition coefficient (Wildman–Crippen LogP) is 5.13. The number of aryl methyl sites for hydroxylation is 1. The summed E-state index contributed by atoms with van der Waals surface area (Å²) in [6.45, 7) is 2.89. The highest BCUT2D eigenvalue weighted by Gasteiger charge is 2.16. The molecule has 0 N–H and O–H groups in total. The molecule has 0 fully saturated rings. The standard InChI is InChI=1S/C18H12Cl2O5/c1-9-18(25-15-6-3-11(19)7-14(15)20)17(22)13-5-4-12(24-10(2)21)8-16(13)23-9/h3-8H,1-2H3. The average Bonchev–Trinajstić information content (AvgIpc) is 2.52. The summed E-state index contributed by atoms with van der Waals surface area (Å²) in [5.41, 5.74) is -0.0741. The Morgan fingerprint density at radius 2 is 1.88 bits per heavy atom. The van der Waals surface area contributed by atoms with E-state index in [-0.39, 0.29) is 39.0 Å². The second kappa shape index (κ2) is 6.78. The number of hydrogen-bond acceptors (Lipinski definition) is 5. The summed E-state index contributed by atoms with van der Waals surface area (Å²) >= 11 is 11.9. The summed E-state index contributed by atoms with van der Waals surface area (Å²) < 4.78 is 16.3. The van der Waals surface area contributed by atoms with E-state index in [2.05, 4.69) is 0 Å². The number of rotatable bonds is 3. The van der Waals surface area contributed by atoms with Gasteiger partial charge in [0.05, 0.1) is 10.4 Å². The van der Waals surface area contributed by atoms with Gasteiger partial charge in [0, 0.05) is 18.0 Å². The molecule has 3 rings (SSSR count). The van der Waals surface area contributed by atoms with Gasteiger partial charge in [-0.25, -0.2) is 0 Å². The summed E-state index contributed by atoms with van der Waals surface area (Å²) in [5.74, 6) is 0.408. The zero-order valence-electron chi connectivity index (χ0n) is 13.3. The van der Waals surface area contributed by atoms with Crippen LogP contribution in [0.4, 0.5) is 0 Å². The van der Waals surface area contributed by atoms with Crippen LogP contribution in [0.5, 0.6) is 17.2 Å². The highest BCUT2D eigenvalue weighted by atomic mass is 35.5. The van der Waals surface area contributed by atoms with Crippen LogP contribution in [0, 0.1) is 6.92 Å². The van der Waals surface area contributed by atoms with Crippen molar-refractivity contribution in [2.45, 2.75) is 13.8 Å². The van der Waals surface area contributed by atoms with E-state index in [1.54, 1.807) is 19.1 Å². The first kappa shape index (κ1) is 17.3. The molecule has 0 aliphatic heterocycles. The number of halogens is 2. The van der Waals surface area contributed by atoms with Crippen LogP contribution < -0.4 is 14.9 Å². The highest BCUT2D eigenvalue weighted by molar-refractivity contribution is 6.35. The number of esters is 1. The molecule has 0 radical (unpaired) electrons. The Morgan fingerprint density at radius 1 is 1.12 bits per heavy atom. The lowest BCUT2D eigenvalue weighted by Gasteiger charge is -2.10. The van der Waals surface area contributed by atoms with Crippen LogP contribution >= 0.6 is 23.2 Å². The molecule has 0 atom stereocenters. The first-order valence-electron chi connectivity index (χ1n) is 7.24. The van der Waals surface area contributed by atoms with Gasteiger partial charge >= 0.3 is 5.97 Å². The van der Waals surface area contributed by atoms with Crippen molar-refractivity contribution in [1.29, 1.82) is 0 Å². The van der Waals surface area contributed by atoms with Crippen molar-refractivity contribution < 1.29 is 18.7 Å². The molecule has 128 valence electrons. The van der Waals surface area contributed by atoms with E-state index in [4.69, 9.17) is 37.1 Å². The van der Waals surface area contributed by atoms with Crippen LogP contribution in [0.3, 0.4) is 0 Å². The Morgan fingerprint density at radius 3 is 2.56 bits per heavy atom. The summed E-state index contributed by atoms with van der Waals surface area (Å²) in [5, 5.41) is 1.02. The molecule has 0 saturated heterocycles. The van der Waals surface area contributed by atoms with Gasteiger partial charge < -0.3 is 13.9 Å². The fourth-order valence-electron chi connectivity index (χ4n) is 2.28. The van der Waals surface area contributed by atoms with Crippen molar-refractivity contribution in [2.24, 2.45) is 0 Å². The van der Waals surface area contributed by atoms with Crippen molar-refractivity contribution in [3.63, 3.8) is 0 Å². The number of hydrogen-bond donors (Lipinski definition) is 0. The highest BCUT2D eigenvalue weighted by Crippen LogP contribution is 2.33. The second-order valence-electron chi connectivity index (χ2n) is 5.24. The Labute approximate surface area is 152 Å². The first-order chi connectivity index (χ1) is 11.8. The number of carbonyl (C=O) groups excluding carboxylic acids is 1. The van der Waals surface area contributed by atoms with Gasteiger partial charge in [-0.05, 0) is 37.3 Å². The quantitative estimate of drug-likeness (QED) is 0.467. The van der Waals surface area contributed by atoms with Crippen molar-refractivity contribution in [3.05, 3.63) is 62.4 Å². The summed E-state index contributed by atoms with van der Waals surface area (Å²) in [7, 11) is 0. The van der Waals surface area contributed by atoms with Crippen molar-refractivity contribution >= 4 is 40.1 Å². The monoisotopic (exact) mass is 378 g/mol. The number of carbonyl (C=O) groups is 1. The minimum Gasteiger partial charge on any atom is -0.457 e. The van der Waals surface area contributed by atoms with Crippen LogP contribution in [0.1, 0.15) is 12.7 Å². The topological polar surface area (TPSA) is 65.7 Å². The second-order valence-corrected chi connectivity index (χ2v) is 6.09. The first-order valence-corrected chi connectivity index (χ1v) is 7.99. The molecule has 0 aliphatic carbocycles. The zero-order chi connectivity index (χ0) is 18.1. The molecular weight excluding hydrogens is 367 g/mol. The van der Waals surface area contributed by atoms with E-state index in [0.717, 1.165) is 0 Å². The van der Waals surface area contributed by atoms with E-state index < -0.39 is 5.97 Å². The molecule has 2 aromatic carbocycles. The molecule has 0 unspecified atom stereocenters. The van der Waals surface area contributed by atoms with E-state index in [0.29, 0.717) is 10.4 Å². The van der Waals surface area contributed by atoms with Crippen LogP contribution in [0.15, 0.2) is 45.6 Å². The fourth-order valence-corrected chi connectivity index (χ4v) is 2.73. The van der Waals surface area contributed by atoms with Crippen molar-refractivity contribution in [2.75, 3.05) is 0 Å². The van der Waals surface area contributed by atoms with Crippen LogP contribution in [-0.2, 0) is 4.79 Å². The summed E-state index contributed by atoms with van der Waals surface area (Å²) in [6, 6.07) is 9.18. The molecule has 1 heterocycles. The SMILES string of the molecule is CC(=O)Oc1ccc2c(=O)c(Oc3ccc(Cl)cc3Cl)c(C)oc2c1. The smallest absolute Gasteiger partial charge is 0.308 e. The van der Waals surface area contributed by atoms with E-state index >= 15 is 0 Å². The number of benzene rings is 2. The molecular formula is C18H12Cl2O5.